The number of anilines is 2. The summed E-state index contributed by atoms with van der Waals surface area (Å²) in [6, 6.07) is 18.3. The van der Waals surface area contributed by atoms with Crippen molar-refractivity contribution < 1.29 is 26.1 Å². The van der Waals surface area contributed by atoms with Crippen LogP contribution in [-0.4, -0.2) is 6.61 Å². The first-order valence-electron chi connectivity index (χ1n) is 6.75. The van der Waals surface area contributed by atoms with Gasteiger partial charge in [0.15, 0.2) is 12.4 Å². The molecule has 2 aromatic heterocycles. The van der Waals surface area contributed by atoms with E-state index in [2.05, 4.69) is 27.9 Å². The van der Waals surface area contributed by atoms with Crippen LogP contribution in [0.3, 0.4) is 0 Å². The van der Waals surface area contributed by atoms with Crippen LogP contribution < -0.4 is 31.4 Å². The van der Waals surface area contributed by atoms with Gasteiger partial charge in [0.1, 0.15) is 5.75 Å². The number of fused-ring (bicyclic) bond motifs is 1. The summed E-state index contributed by atoms with van der Waals surface area (Å²) in [7, 11) is 0. The van der Waals surface area contributed by atoms with Crippen molar-refractivity contribution in [2.45, 2.75) is 6.92 Å². The van der Waals surface area contributed by atoms with Gasteiger partial charge in [0.2, 0.25) is 5.52 Å². The molecule has 0 aliphatic heterocycles. The van der Waals surface area contributed by atoms with Gasteiger partial charge < -0.3 is 27.0 Å². The van der Waals surface area contributed by atoms with Crippen LogP contribution in [0.25, 0.3) is 5.52 Å². The molecule has 0 spiro atoms. The summed E-state index contributed by atoms with van der Waals surface area (Å²) in [6.45, 7) is 2.67. The Labute approximate surface area is 135 Å². The summed E-state index contributed by atoms with van der Waals surface area (Å²) in [4.78, 5) is 0. The van der Waals surface area contributed by atoms with Crippen molar-refractivity contribution in [3.63, 3.8) is 0 Å². The fraction of sp³-hybridized carbons (Fsp3) is 0.118. The second-order valence-corrected chi connectivity index (χ2v) is 4.53. The topological polar surface area (TPSA) is 25.4 Å². The summed E-state index contributed by atoms with van der Waals surface area (Å²) in [6.07, 6.45) is 4.09. The summed E-state index contributed by atoms with van der Waals surface area (Å²) < 4.78 is 7.52. The predicted molar refractivity (Wildman–Crippen MR) is 80.5 cm³/mol. The second kappa shape index (κ2) is 7.09. The Hall–Kier alpha value is -2.07. The van der Waals surface area contributed by atoms with Gasteiger partial charge >= 0.3 is 0 Å². The number of halogens is 1. The van der Waals surface area contributed by atoms with Crippen LogP contribution in [0.15, 0.2) is 67.0 Å². The van der Waals surface area contributed by atoms with Gasteiger partial charge in [-0.15, -0.1) is 0 Å². The lowest BCUT2D eigenvalue weighted by atomic mass is 10.2. The molecule has 0 aliphatic carbocycles. The molecule has 0 bridgehead atoms. The molecule has 0 saturated carbocycles. The SMILES string of the molecule is CCOc1ccc(Nc2cc[n+]3ccccc3c2)cc1.[Br-]. The first kappa shape index (κ1) is 15.3. The van der Waals surface area contributed by atoms with E-state index >= 15 is 0 Å². The first-order valence-corrected chi connectivity index (χ1v) is 6.75. The highest BCUT2D eigenvalue weighted by Gasteiger charge is 2.02. The average Bonchev–Trinajstić information content (AvgIpc) is 2.49. The van der Waals surface area contributed by atoms with Crippen molar-refractivity contribution in [1.29, 1.82) is 0 Å². The molecule has 0 aliphatic rings. The molecule has 0 amide bonds. The normalized spacial score (nSPS) is 9.95. The molecule has 108 valence electrons. The molecule has 3 nitrogen and oxygen atoms in total. The average molecular weight is 345 g/mol. The van der Waals surface area contributed by atoms with E-state index in [1.165, 1.54) is 0 Å². The second-order valence-electron chi connectivity index (χ2n) is 4.53. The molecule has 0 unspecified atom stereocenters. The standard InChI is InChI=1S/C17H16N2O.BrH/c1-2-20-17-8-6-14(7-9-17)18-15-10-12-19-11-4-3-5-16(19)13-15;/h3-13H,2H2,1H3;1H. The maximum atomic E-state index is 5.44. The lowest BCUT2D eigenvalue weighted by molar-refractivity contribution is -0.511. The minimum atomic E-state index is 0. The van der Waals surface area contributed by atoms with E-state index in [0.29, 0.717) is 6.61 Å². The number of ether oxygens (including phenoxy) is 1. The van der Waals surface area contributed by atoms with Crippen LogP contribution in [0, 0.1) is 0 Å². The van der Waals surface area contributed by atoms with Gasteiger partial charge in [-0.05, 0) is 37.3 Å². The van der Waals surface area contributed by atoms with Crippen LogP contribution in [0.1, 0.15) is 6.92 Å². The number of hydrogen-bond donors (Lipinski definition) is 1. The number of nitrogens with zero attached hydrogens (tertiary/aromatic N) is 1. The molecule has 2 heterocycles. The maximum absolute atomic E-state index is 5.44. The summed E-state index contributed by atoms with van der Waals surface area (Å²) in [5, 5.41) is 3.40. The van der Waals surface area contributed by atoms with Gasteiger partial charge in [-0.2, -0.15) is 4.40 Å². The summed E-state index contributed by atoms with van der Waals surface area (Å²) in [5.41, 5.74) is 3.28. The predicted octanol–water partition coefficient (Wildman–Crippen LogP) is 0.572. The van der Waals surface area contributed by atoms with Crippen molar-refractivity contribution in [2.24, 2.45) is 0 Å². The Balaban J connectivity index is 0.00000161. The van der Waals surface area contributed by atoms with Crippen molar-refractivity contribution in [3.8, 4) is 5.75 Å². The number of rotatable bonds is 4. The number of benzene rings is 1. The van der Waals surface area contributed by atoms with Gasteiger partial charge in [-0.25, -0.2) is 0 Å². The van der Waals surface area contributed by atoms with E-state index in [4.69, 9.17) is 4.74 Å². The molecule has 21 heavy (non-hydrogen) atoms. The zero-order valence-electron chi connectivity index (χ0n) is 11.8. The number of nitrogens with one attached hydrogen (secondary N) is 1. The Morgan fingerprint density at radius 3 is 2.52 bits per heavy atom. The number of pyridine rings is 2. The number of hydrogen-bond acceptors (Lipinski definition) is 2. The van der Waals surface area contributed by atoms with E-state index in [-0.39, 0.29) is 17.0 Å². The van der Waals surface area contributed by atoms with Crippen molar-refractivity contribution in [2.75, 3.05) is 11.9 Å². The van der Waals surface area contributed by atoms with Gasteiger partial charge in [-0.1, -0.05) is 0 Å². The van der Waals surface area contributed by atoms with E-state index < -0.39 is 0 Å². The molecule has 0 fully saturated rings. The Morgan fingerprint density at radius 2 is 1.76 bits per heavy atom. The van der Waals surface area contributed by atoms with Gasteiger partial charge in [-0.3, -0.25) is 0 Å². The third-order valence-electron chi connectivity index (χ3n) is 3.09. The summed E-state index contributed by atoms with van der Waals surface area (Å²) in [5.74, 6) is 0.895. The quantitative estimate of drug-likeness (QED) is 0.700. The van der Waals surface area contributed by atoms with Crippen LogP contribution in [0.2, 0.25) is 0 Å². The molecule has 0 saturated heterocycles. The molecular weight excluding hydrogens is 328 g/mol. The van der Waals surface area contributed by atoms with E-state index in [1.807, 2.05) is 55.7 Å². The Morgan fingerprint density at radius 1 is 0.952 bits per heavy atom. The molecule has 1 aromatic carbocycles. The Bertz CT molecular complexity index is 713. The van der Waals surface area contributed by atoms with Crippen LogP contribution in [0.4, 0.5) is 11.4 Å². The minimum Gasteiger partial charge on any atom is -1.00 e. The highest BCUT2D eigenvalue weighted by atomic mass is 79.9. The smallest absolute Gasteiger partial charge is 0.212 e. The molecule has 3 aromatic rings. The fourth-order valence-electron chi connectivity index (χ4n) is 2.14. The maximum Gasteiger partial charge on any atom is 0.212 e. The van der Waals surface area contributed by atoms with Gasteiger partial charge in [0.25, 0.3) is 0 Å². The molecular formula is C17H17BrN2O. The zero-order chi connectivity index (χ0) is 13.8. The largest absolute Gasteiger partial charge is 1.00 e. The lowest BCUT2D eigenvalue weighted by Crippen LogP contribution is -3.00. The zero-order valence-corrected chi connectivity index (χ0v) is 13.4. The highest BCUT2D eigenvalue weighted by molar-refractivity contribution is 5.63. The van der Waals surface area contributed by atoms with Crippen LogP contribution >= 0.6 is 0 Å². The third kappa shape index (κ3) is 3.73. The van der Waals surface area contributed by atoms with E-state index in [1.54, 1.807) is 0 Å². The monoisotopic (exact) mass is 344 g/mol. The molecule has 3 rings (SSSR count). The van der Waals surface area contributed by atoms with Gasteiger partial charge in [0.05, 0.1) is 12.3 Å². The Kier molecular flexibility index (Phi) is 5.17. The van der Waals surface area contributed by atoms with E-state index in [9.17, 15) is 0 Å². The third-order valence-corrected chi connectivity index (χ3v) is 3.09. The van der Waals surface area contributed by atoms with Crippen LogP contribution in [0.5, 0.6) is 5.75 Å². The van der Waals surface area contributed by atoms with Gasteiger partial charge in [0, 0.05) is 30.0 Å². The number of aromatic nitrogens is 1. The first-order chi connectivity index (χ1) is 9.85. The van der Waals surface area contributed by atoms with Crippen molar-refractivity contribution in [3.05, 3.63) is 67.0 Å². The lowest BCUT2D eigenvalue weighted by Gasteiger charge is -2.07. The molecule has 1 N–H and O–H groups in total. The van der Waals surface area contributed by atoms with E-state index in [0.717, 1.165) is 22.6 Å². The fourth-order valence-corrected chi connectivity index (χ4v) is 2.14. The highest BCUT2D eigenvalue weighted by Crippen LogP contribution is 2.20. The summed E-state index contributed by atoms with van der Waals surface area (Å²) >= 11 is 0. The van der Waals surface area contributed by atoms with Crippen LogP contribution in [-0.2, 0) is 0 Å². The van der Waals surface area contributed by atoms with Crippen molar-refractivity contribution in [1.82, 2.24) is 0 Å². The molecule has 4 heteroatoms. The minimum absolute atomic E-state index is 0. The molecule has 0 radical (unpaired) electrons. The molecule has 0 atom stereocenters. The van der Waals surface area contributed by atoms with Crippen molar-refractivity contribution >= 4 is 16.9 Å².